The summed E-state index contributed by atoms with van der Waals surface area (Å²) in [4.78, 5) is 0.386. The van der Waals surface area contributed by atoms with E-state index in [1.807, 2.05) is 0 Å². The number of benzene rings is 1. The maximum atomic E-state index is 13.0. The molecule has 0 saturated carbocycles. The van der Waals surface area contributed by atoms with Gasteiger partial charge in [0.05, 0.1) is 4.90 Å². The van der Waals surface area contributed by atoms with Gasteiger partial charge in [-0.05, 0) is 62.9 Å². The van der Waals surface area contributed by atoms with E-state index in [0.717, 1.165) is 32.2 Å². The fourth-order valence-corrected chi connectivity index (χ4v) is 5.70. The lowest BCUT2D eigenvalue weighted by Crippen LogP contribution is -2.46. The topological polar surface area (TPSA) is 49.4 Å². The van der Waals surface area contributed by atoms with Crippen molar-refractivity contribution in [3.63, 3.8) is 0 Å². The molecule has 6 heteroatoms. The lowest BCUT2D eigenvalue weighted by molar-refractivity contribution is 0.322. The van der Waals surface area contributed by atoms with Crippen LogP contribution in [0.4, 0.5) is 0 Å². The minimum Gasteiger partial charge on any atom is -0.312 e. The van der Waals surface area contributed by atoms with E-state index in [0.29, 0.717) is 28.1 Å². The van der Waals surface area contributed by atoms with Crippen LogP contribution < -0.4 is 5.32 Å². The van der Waals surface area contributed by atoms with Crippen LogP contribution in [0.3, 0.4) is 0 Å². The summed E-state index contributed by atoms with van der Waals surface area (Å²) < 4.78 is 27.7. The molecule has 2 atom stereocenters. The van der Waals surface area contributed by atoms with Gasteiger partial charge >= 0.3 is 0 Å². The van der Waals surface area contributed by atoms with Gasteiger partial charge in [0.25, 0.3) is 0 Å². The molecule has 0 bridgehead atoms. The Hall–Kier alpha value is -0.620. The Morgan fingerprint density at radius 3 is 2.76 bits per heavy atom. The Morgan fingerprint density at radius 2 is 2.10 bits per heavy atom. The highest BCUT2D eigenvalue weighted by molar-refractivity contribution is 7.89. The second kappa shape index (κ2) is 5.88. The highest BCUT2D eigenvalue weighted by Gasteiger charge is 2.40. The predicted molar refractivity (Wildman–Crippen MR) is 84.1 cm³/mol. The average Bonchev–Trinajstić information content (AvgIpc) is 3.09. The van der Waals surface area contributed by atoms with Crippen molar-refractivity contribution >= 4 is 21.6 Å². The van der Waals surface area contributed by atoms with E-state index >= 15 is 0 Å². The molecule has 0 aromatic heterocycles. The lowest BCUT2D eigenvalue weighted by atomic mass is 10.1. The highest BCUT2D eigenvalue weighted by Crippen LogP contribution is 2.32. The van der Waals surface area contributed by atoms with Crippen molar-refractivity contribution in [3.8, 4) is 0 Å². The van der Waals surface area contributed by atoms with E-state index in [1.54, 1.807) is 29.4 Å². The largest absolute Gasteiger partial charge is 0.312 e. The molecule has 0 radical (unpaired) electrons. The molecule has 1 N–H and O–H groups in total. The first-order chi connectivity index (χ1) is 10.00. The van der Waals surface area contributed by atoms with Gasteiger partial charge in [0, 0.05) is 23.7 Å². The lowest BCUT2D eigenvalue weighted by Gasteiger charge is -2.29. The molecule has 2 aliphatic heterocycles. The van der Waals surface area contributed by atoms with Gasteiger partial charge < -0.3 is 5.32 Å². The second-order valence-electron chi connectivity index (χ2n) is 5.94. The van der Waals surface area contributed by atoms with Crippen LogP contribution in [0, 0.1) is 6.92 Å². The Kier molecular flexibility index (Phi) is 4.28. The minimum absolute atomic E-state index is 0.0904. The van der Waals surface area contributed by atoms with Gasteiger partial charge in [-0.15, -0.1) is 0 Å². The SMILES string of the molecule is Cc1cc(Cl)ccc1S(=O)(=O)N1CCCC1C1CCCN1. The number of hydrogen-bond acceptors (Lipinski definition) is 3. The zero-order valence-corrected chi connectivity index (χ0v) is 13.8. The predicted octanol–water partition coefficient (Wildman–Crippen LogP) is 2.55. The van der Waals surface area contributed by atoms with Gasteiger partial charge in [-0.1, -0.05) is 11.6 Å². The molecule has 3 rings (SSSR count). The fourth-order valence-electron chi connectivity index (χ4n) is 3.53. The Balaban J connectivity index is 1.93. The molecular formula is C15H21ClN2O2S. The molecule has 2 heterocycles. The molecule has 2 fully saturated rings. The summed E-state index contributed by atoms with van der Waals surface area (Å²) in [5, 5.41) is 4.02. The molecule has 2 saturated heterocycles. The Morgan fingerprint density at radius 1 is 1.29 bits per heavy atom. The van der Waals surface area contributed by atoms with Gasteiger partial charge in [0.1, 0.15) is 0 Å². The maximum Gasteiger partial charge on any atom is 0.243 e. The number of sulfonamides is 1. The van der Waals surface area contributed by atoms with Gasteiger partial charge in [-0.25, -0.2) is 8.42 Å². The molecule has 0 spiro atoms. The van der Waals surface area contributed by atoms with E-state index in [4.69, 9.17) is 11.6 Å². The quantitative estimate of drug-likeness (QED) is 0.927. The fraction of sp³-hybridized carbons (Fsp3) is 0.600. The number of nitrogens with zero attached hydrogens (tertiary/aromatic N) is 1. The van der Waals surface area contributed by atoms with Crippen LogP contribution in [0.15, 0.2) is 23.1 Å². The van der Waals surface area contributed by atoms with Crippen LogP contribution >= 0.6 is 11.6 Å². The van der Waals surface area contributed by atoms with E-state index < -0.39 is 10.0 Å². The summed E-state index contributed by atoms with van der Waals surface area (Å²) in [6.45, 7) is 3.42. The maximum absolute atomic E-state index is 13.0. The first-order valence-corrected chi connectivity index (χ1v) is 9.33. The minimum atomic E-state index is -3.44. The standard InChI is InChI=1S/C15H21ClN2O2S/c1-11-10-12(16)6-7-15(11)21(19,20)18-9-3-5-14(18)13-4-2-8-17-13/h6-7,10,13-14,17H,2-5,8-9H2,1H3. The normalized spacial score (nSPS) is 27.3. The van der Waals surface area contributed by atoms with Crippen LogP contribution in [0.2, 0.25) is 5.02 Å². The third-order valence-electron chi connectivity index (χ3n) is 4.53. The smallest absolute Gasteiger partial charge is 0.243 e. The molecule has 1 aromatic rings. The molecule has 0 aliphatic carbocycles. The van der Waals surface area contributed by atoms with Crippen LogP contribution in [0.25, 0.3) is 0 Å². The van der Waals surface area contributed by atoms with E-state index in [9.17, 15) is 8.42 Å². The van der Waals surface area contributed by atoms with Crippen LogP contribution in [0.5, 0.6) is 0 Å². The van der Waals surface area contributed by atoms with Crippen molar-refractivity contribution in [3.05, 3.63) is 28.8 Å². The molecule has 0 amide bonds. The summed E-state index contributed by atoms with van der Waals surface area (Å²) >= 11 is 5.94. The van der Waals surface area contributed by atoms with Crippen LogP contribution in [0.1, 0.15) is 31.2 Å². The highest BCUT2D eigenvalue weighted by atomic mass is 35.5. The van der Waals surface area contributed by atoms with Gasteiger partial charge in [0.15, 0.2) is 0 Å². The second-order valence-corrected chi connectivity index (χ2v) is 8.23. The van der Waals surface area contributed by atoms with Gasteiger partial charge in [-0.2, -0.15) is 4.31 Å². The number of aryl methyl sites for hydroxylation is 1. The van der Waals surface area contributed by atoms with E-state index in [-0.39, 0.29) is 6.04 Å². The summed E-state index contributed by atoms with van der Waals surface area (Å²) in [5.74, 6) is 0. The first kappa shape index (κ1) is 15.3. The van der Waals surface area contributed by atoms with Crippen molar-refractivity contribution < 1.29 is 8.42 Å². The number of halogens is 1. The molecular weight excluding hydrogens is 308 g/mol. The van der Waals surface area contributed by atoms with Crippen LogP contribution in [-0.4, -0.2) is 37.9 Å². The zero-order chi connectivity index (χ0) is 15.0. The van der Waals surface area contributed by atoms with E-state index in [1.165, 1.54) is 0 Å². The molecule has 1 aromatic carbocycles. The molecule has 2 unspecified atom stereocenters. The Labute approximate surface area is 131 Å². The zero-order valence-electron chi connectivity index (χ0n) is 12.2. The van der Waals surface area contributed by atoms with Crippen LogP contribution in [-0.2, 0) is 10.0 Å². The summed E-state index contributed by atoms with van der Waals surface area (Å²) in [7, 11) is -3.44. The van der Waals surface area contributed by atoms with Crippen molar-refractivity contribution in [2.75, 3.05) is 13.1 Å². The van der Waals surface area contributed by atoms with Crippen molar-refractivity contribution in [2.45, 2.75) is 49.6 Å². The first-order valence-electron chi connectivity index (χ1n) is 7.51. The number of rotatable bonds is 3. The van der Waals surface area contributed by atoms with E-state index in [2.05, 4.69) is 5.32 Å². The number of hydrogen-bond donors (Lipinski definition) is 1. The molecule has 2 aliphatic rings. The van der Waals surface area contributed by atoms with Gasteiger partial charge in [0.2, 0.25) is 10.0 Å². The van der Waals surface area contributed by atoms with Gasteiger partial charge in [-0.3, -0.25) is 0 Å². The summed E-state index contributed by atoms with van der Waals surface area (Å²) in [5.41, 5.74) is 0.715. The third-order valence-corrected chi connectivity index (χ3v) is 6.85. The average molecular weight is 329 g/mol. The monoisotopic (exact) mass is 328 g/mol. The summed E-state index contributed by atoms with van der Waals surface area (Å²) in [6.07, 6.45) is 4.09. The summed E-state index contributed by atoms with van der Waals surface area (Å²) in [6, 6.07) is 5.39. The van der Waals surface area contributed by atoms with Crippen molar-refractivity contribution in [1.82, 2.24) is 9.62 Å². The molecule has 4 nitrogen and oxygen atoms in total. The Bertz CT molecular complexity index is 627. The molecule has 21 heavy (non-hydrogen) atoms. The van der Waals surface area contributed by atoms with Crippen molar-refractivity contribution in [2.24, 2.45) is 0 Å². The van der Waals surface area contributed by atoms with Crippen molar-refractivity contribution in [1.29, 1.82) is 0 Å². The third kappa shape index (κ3) is 2.84. The molecule has 116 valence electrons. The number of nitrogens with one attached hydrogen (secondary N) is 1.